The molecule has 0 unspecified atom stereocenters. The Balaban J connectivity index is 0.000000108. The normalized spacial score (nSPS) is 11.9. The van der Waals surface area contributed by atoms with Gasteiger partial charge in [-0.3, -0.25) is 0 Å². The van der Waals surface area contributed by atoms with Crippen molar-refractivity contribution in [3.63, 3.8) is 0 Å². The summed E-state index contributed by atoms with van der Waals surface area (Å²) in [6, 6.07) is 176. The standard InChI is InChI=1S/C46H35N.C43H29N.C42H27N/c1-46(2,3)34-25-22-30(23-26-34)44-38-14-4-6-16-40(38)45(41-17-7-5-15-39(41)44)33-21-20-32-29-35(27-24-31(32)28-33)47-42-18-10-8-12-36(42)37-13-9-11-19-43(37)47;1-28-18-20-29(21-19-28)42-36-12-2-4-14-38(36)43(39-15-5-3-13-37(39)42)32-23-22-31-27-33(25-24-30(31)26-32)44-40-16-8-6-10-34(40)35-11-7-9-17-41(35)44;1-2-12-28(13-3-1)41-35-16-4-6-18-37(35)42(38-19-7-5-17-36(38)41)31-23-22-30-27-32(25-24-29(30)26-31)43-39-20-10-8-14-33(39)34-15-9-11-21-40(34)43/h4-29H,1-3H3;2-27H,1H3;1-27H. The van der Waals surface area contributed by atoms with Crippen LogP contribution in [0.1, 0.15) is 31.9 Å². The van der Waals surface area contributed by atoms with E-state index in [2.05, 4.69) is 521 Å². The number of rotatable bonds is 9. The highest BCUT2D eigenvalue weighted by Crippen LogP contribution is 2.50. The summed E-state index contributed by atoms with van der Waals surface area (Å²) in [4.78, 5) is 0. The lowest BCUT2D eigenvalue weighted by Gasteiger charge is -2.21. The van der Waals surface area contributed by atoms with Crippen LogP contribution in [0.2, 0.25) is 0 Å². The third-order valence-electron chi connectivity index (χ3n) is 28.1. The predicted octanol–water partition coefficient (Wildman–Crippen LogP) is 36.3. The van der Waals surface area contributed by atoms with Gasteiger partial charge in [0, 0.05) is 49.4 Å². The second-order valence-corrected chi connectivity index (χ2v) is 36.9. The summed E-state index contributed by atoms with van der Waals surface area (Å²) >= 11 is 0. The van der Waals surface area contributed by atoms with Crippen molar-refractivity contribution >= 4 is 162 Å². The van der Waals surface area contributed by atoms with Crippen molar-refractivity contribution in [2.75, 3.05) is 0 Å². The van der Waals surface area contributed by atoms with Crippen molar-refractivity contribution < 1.29 is 0 Å². The number of hydrogen-bond donors (Lipinski definition) is 0. The van der Waals surface area contributed by atoms with E-state index in [0.717, 1.165) is 0 Å². The first-order valence-electron chi connectivity index (χ1n) is 46.7. The number of aromatic nitrogens is 3. The first-order valence-corrected chi connectivity index (χ1v) is 46.7. The lowest BCUT2D eigenvalue weighted by atomic mass is 9.83. The fourth-order valence-electron chi connectivity index (χ4n) is 21.9. The number of fused-ring (bicyclic) bond motifs is 18. The van der Waals surface area contributed by atoms with Gasteiger partial charge in [0.1, 0.15) is 0 Å². The van der Waals surface area contributed by atoms with E-state index in [1.165, 1.54) is 257 Å². The van der Waals surface area contributed by atoms with E-state index in [0.29, 0.717) is 0 Å². The molecule has 3 heterocycles. The van der Waals surface area contributed by atoms with Crippen LogP contribution >= 0.6 is 0 Å². The third-order valence-corrected chi connectivity index (χ3v) is 28.1. The molecule has 3 heteroatoms. The fraction of sp³-hybridized carbons (Fsp3) is 0.0382. The predicted molar refractivity (Wildman–Crippen MR) is 576 cm³/mol. The number of aryl methyl sites for hydroxylation is 1. The van der Waals surface area contributed by atoms with E-state index in [1.807, 2.05) is 0 Å². The summed E-state index contributed by atoms with van der Waals surface area (Å²) in [7, 11) is 0. The van der Waals surface area contributed by atoms with E-state index in [1.54, 1.807) is 0 Å². The summed E-state index contributed by atoms with van der Waals surface area (Å²) in [6.45, 7) is 8.97. The van der Waals surface area contributed by atoms with E-state index in [4.69, 9.17) is 0 Å². The van der Waals surface area contributed by atoms with Crippen LogP contribution in [0, 0.1) is 6.92 Å². The monoisotopic (exact) mass is 1710 g/mol. The third kappa shape index (κ3) is 13.3. The Morgan fingerprint density at radius 2 is 0.328 bits per heavy atom. The summed E-state index contributed by atoms with van der Waals surface area (Å²) < 4.78 is 7.18. The molecule has 0 saturated carbocycles. The van der Waals surface area contributed by atoms with Gasteiger partial charge in [-0.15, -0.1) is 0 Å². The maximum absolute atomic E-state index is 2.39. The van der Waals surface area contributed by atoms with Gasteiger partial charge in [0.05, 0.1) is 33.1 Å². The molecule has 0 fully saturated rings. The summed E-state index contributed by atoms with van der Waals surface area (Å²) in [5.74, 6) is 0. The molecule has 0 aliphatic heterocycles. The molecule has 27 rings (SSSR count). The molecule has 0 spiro atoms. The molecule has 630 valence electrons. The van der Waals surface area contributed by atoms with Crippen molar-refractivity contribution in [3.05, 3.63) is 490 Å². The van der Waals surface area contributed by atoms with Crippen molar-refractivity contribution in [1.29, 1.82) is 0 Å². The quantitative estimate of drug-likeness (QED) is 0.128. The van der Waals surface area contributed by atoms with Gasteiger partial charge in [-0.1, -0.05) is 415 Å². The minimum atomic E-state index is 0.118. The van der Waals surface area contributed by atoms with Gasteiger partial charge in [0.2, 0.25) is 0 Å². The lowest BCUT2D eigenvalue weighted by Crippen LogP contribution is -2.10. The Labute approximate surface area is 777 Å². The Morgan fingerprint density at radius 3 is 0.567 bits per heavy atom. The molecule has 0 amide bonds. The Kier molecular flexibility index (Phi) is 19.1. The van der Waals surface area contributed by atoms with Crippen LogP contribution in [-0.4, -0.2) is 13.7 Å². The van der Waals surface area contributed by atoms with E-state index in [9.17, 15) is 0 Å². The highest BCUT2D eigenvalue weighted by Gasteiger charge is 2.25. The number of hydrogen-bond acceptors (Lipinski definition) is 0. The molecule has 0 radical (unpaired) electrons. The van der Waals surface area contributed by atoms with Gasteiger partial charge >= 0.3 is 0 Å². The second-order valence-electron chi connectivity index (χ2n) is 36.9. The van der Waals surface area contributed by atoms with Gasteiger partial charge in [-0.05, 0) is 273 Å². The van der Waals surface area contributed by atoms with Crippen molar-refractivity contribution in [2.24, 2.45) is 0 Å². The van der Waals surface area contributed by atoms with Crippen LogP contribution in [0.5, 0.6) is 0 Å². The molecule has 0 aliphatic carbocycles. The van der Waals surface area contributed by atoms with E-state index >= 15 is 0 Å². The van der Waals surface area contributed by atoms with Gasteiger partial charge in [-0.2, -0.15) is 0 Å². The Hall–Kier alpha value is -17.0. The van der Waals surface area contributed by atoms with Gasteiger partial charge in [0.25, 0.3) is 0 Å². The highest BCUT2D eigenvalue weighted by atomic mass is 15.0. The molecule has 0 N–H and O–H groups in total. The van der Waals surface area contributed by atoms with E-state index in [-0.39, 0.29) is 5.41 Å². The minimum Gasteiger partial charge on any atom is -0.309 e. The maximum atomic E-state index is 2.39. The van der Waals surface area contributed by atoms with Gasteiger partial charge in [0.15, 0.2) is 0 Å². The summed E-state index contributed by atoms with van der Waals surface area (Å²) in [5, 5.41) is 30.5. The average molecular weight is 1710 g/mol. The van der Waals surface area contributed by atoms with Crippen LogP contribution in [0.15, 0.2) is 479 Å². The molecule has 0 saturated heterocycles. The number of nitrogens with zero attached hydrogens (tertiary/aromatic N) is 3. The van der Waals surface area contributed by atoms with Crippen LogP contribution in [-0.2, 0) is 5.41 Å². The Bertz CT molecular complexity index is 9090. The van der Waals surface area contributed by atoms with Crippen LogP contribution in [0.3, 0.4) is 0 Å². The molecular weight excluding hydrogens is 1620 g/mol. The first kappa shape index (κ1) is 79.2. The van der Waals surface area contributed by atoms with Crippen LogP contribution < -0.4 is 0 Å². The van der Waals surface area contributed by atoms with Gasteiger partial charge in [-0.25, -0.2) is 0 Å². The minimum absolute atomic E-state index is 0.118. The zero-order valence-electron chi connectivity index (χ0n) is 75.0. The zero-order valence-corrected chi connectivity index (χ0v) is 75.0. The zero-order chi connectivity index (χ0) is 89.2. The average Bonchev–Trinajstić information content (AvgIpc) is 1.47. The largest absolute Gasteiger partial charge is 0.309 e. The molecule has 3 nitrogen and oxygen atoms in total. The molecule has 0 aliphatic rings. The molecule has 134 heavy (non-hydrogen) atoms. The van der Waals surface area contributed by atoms with Crippen LogP contribution in [0.4, 0.5) is 0 Å². The molecular formula is C131H91N3. The molecule has 3 aromatic heterocycles. The Morgan fingerprint density at radius 1 is 0.149 bits per heavy atom. The number of benzene rings is 24. The second kappa shape index (κ2) is 32.3. The van der Waals surface area contributed by atoms with Crippen molar-refractivity contribution in [1.82, 2.24) is 13.7 Å². The lowest BCUT2D eigenvalue weighted by molar-refractivity contribution is 0.590. The first-order chi connectivity index (χ1) is 66.0. The fourth-order valence-corrected chi connectivity index (χ4v) is 21.9. The van der Waals surface area contributed by atoms with Gasteiger partial charge < -0.3 is 13.7 Å². The highest BCUT2D eigenvalue weighted by molar-refractivity contribution is 6.26. The SMILES string of the molecule is CC(C)(C)c1ccc(-c2c3ccccc3c(-c3ccc4cc(-n5c6ccccc6c6ccccc65)ccc4c3)c3ccccc23)cc1.Cc1ccc(-c2c3ccccc3c(-c3ccc4cc(-n5c6ccccc6c6ccccc65)ccc4c3)c3ccccc23)cc1.c1ccc(-c2c3ccccc3c(-c3ccc4cc(-n5c6ccccc6c6ccccc65)ccc4c3)c3ccccc23)cc1. The maximum Gasteiger partial charge on any atom is 0.0541 e. The van der Waals surface area contributed by atoms with Crippen molar-refractivity contribution in [2.45, 2.75) is 33.1 Å². The smallest absolute Gasteiger partial charge is 0.0541 e. The van der Waals surface area contributed by atoms with Crippen molar-refractivity contribution in [3.8, 4) is 83.8 Å². The molecule has 0 atom stereocenters. The topological polar surface area (TPSA) is 14.8 Å². The molecule has 27 aromatic rings. The number of para-hydroxylation sites is 6. The molecule has 24 aromatic carbocycles. The summed E-state index contributed by atoms with van der Waals surface area (Å²) in [6.07, 6.45) is 0. The summed E-state index contributed by atoms with van der Waals surface area (Å²) in [5.41, 5.74) is 28.9. The van der Waals surface area contributed by atoms with Crippen LogP contribution in [0.25, 0.3) is 246 Å². The van der Waals surface area contributed by atoms with E-state index < -0.39 is 0 Å². The molecule has 0 bridgehead atoms.